The van der Waals surface area contributed by atoms with Gasteiger partial charge in [0, 0.05) is 0 Å². The highest BCUT2D eigenvalue weighted by atomic mass is 14.2. The lowest BCUT2D eigenvalue weighted by molar-refractivity contribution is 0.957. The summed E-state index contributed by atoms with van der Waals surface area (Å²) in [4.78, 5) is 0. The number of benzene rings is 2. The lowest BCUT2D eigenvalue weighted by atomic mass is 9.87. The molecule has 0 radical (unpaired) electrons. The Morgan fingerprint density at radius 1 is 0.360 bits per heavy atom. The van der Waals surface area contributed by atoms with Crippen LogP contribution in [0, 0.1) is 0 Å². The van der Waals surface area contributed by atoms with E-state index in [2.05, 4.69) is 65.8 Å². The molecule has 0 aliphatic heterocycles. The predicted octanol–water partition coefficient (Wildman–Crippen LogP) is 6.65. The highest BCUT2D eigenvalue weighted by Gasteiger charge is 2.12. The number of hydrogen-bond donors (Lipinski definition) is 0. The highest BCUT2D eigenvalue weighted by molar-refractivity contribution is 5.45. The maximum absolute atomic E-state index is 2.50. The van der Waals surface area contributed by atoms with Gasteiger partial charge in [-0.1, -0.05) is 65.8 Å². The van der Waals surface area contributed by atoms with Crippen LogP contribution in [0.1, 0.15) is 86.1 Å². The molecule has 0 atom stereocenters. The average Bonchev–Trinajstić information content (AvgIpc) is 2.66. The summed E-state index contributed by atoms with van der Waals surface area (Å²) >= 11 is 0. The number of hydrogen-bond acceptors (Lipinski definition) is 0. The zero-order valence-corrected chi connectivity index (χ0v) is 17.3. The van der Waals surface area contributed by atoms with E-state index in [-0.39, 0.29) is 0 Å². The van der Waals surface area contributed by atoms with Crippen LogP contribution >= 0.6 is 0 Å². The Kier molecular flexibility index (Phi) is 7.29. The minimum absolute atomic E-state index is 1.08. The lowest BCUT2D eigenvalue weighted by Gasteiger charge is -2.18. The molecule has 2 aromatic rings. The summed E-state index contributed by atoms with van der Waals surface area (Å²) in [5.74, 6) is 0. The van der Waals surface area contributed by atoms with Crippen molar-refractivity contribution < 1.29 is 0 Å². The average molecular weight is 337 g/mol. The fraction of sp³-hybridized carbons (Fsp3) is 0.520. The van der Waals surface area contributed by atoms with Crippen LogP contribution < -0.4 is 0 Å². The zero-order valence-electron chi connectivity index (χ0n) is 17.3. The van der Waals surface area contributed by atoms with Gasteiger partial charge in [-0.05, 0) is 89.5 Å². The molecule has 0 fully saturated rings. The second kappa shape index (κ2) is 9.22. The lowest BCUT2D eigenvalue weighted by Crippen LogP contribution is -2.05. The number of aryl methyl sites for hydroxylation is 6. The molecule has 0 N–H and O–H groups in total. The minimum Gasteiger partial charge on any atom is -0.0613 e. The van der Waals surface area contributed by atoms with Crippen LogP contribution in [-0.4, -0.2) is 0 Å². The van der Waals surface area contributed by atoms with E-state index in [4.69, 9.17) is 0 Å². The standard InChI is InChI=1S/C25H36/c1-7-18-13-22(11-5)24(15-20(18)9-3)17-25-16-21(10-4)19(8-2)14-23(25)12-6/h13-16H,7-12,17H2,1-6H3. The molecule has 2 rings (SSSR count). The van der Waals surface area contributed by atoms with Gasteiger partial charge < -0.3 is 0 Å². The van der Waals surface area contributed by atoms with Crippen molar-refractivity contribution in [1.29, 1.82) is 0 Å². The molecule has 0 amide bonds. The predicted molar refractivity (Wildman–Crippen MR) is 112 cm³/mol. The van der Waals surface area contributed by atoms with E-state index < -0.39 is 0 Å². The SMILES string of the molecule is CCc1cc(CC)c(Cc2cc(CC)c(CC)cc2CC)cc1CC. The monoisotopic (exact) mass is 336 g/mol. The maximum Gasteiger partial charge on any atom is -0.00201 e. The van der Waals surface area contributed by atoms with E-state index in [9.17, 15) is 0 Å². The van der Waals surface area contributed by atoms with Crippen molar-refractivity contribution in [2.24, 2.45) is 0 Å². The van der Waals surface area contributed by atoms with Gasteiger partial charge in [0.1, 0.15) is 0 Å². The van der Waals surface area contributed by atoms with Gasteiger partial charge in [-0.2, -0.15) is 0 Å². The maximum atomic E-state index is 2.50. The molecule has 0 saturated heterocycles. The van der Waals surface area contributed by atoms with Crippen molar-refractivity contribution in [3.8, 4) is 0 Å². The van der Waals surface area contributed by atoms with Gasteiger partial charge in [-0.3, -0.25) is 0 Å². The van der Waals surface area contributed by atoms with Gasteiger partial charge in [0.2, 0.25) is 0 Å². The van der Waals surface area contributed by atoms with E-state index >= 15 is 0 Å². The molecule has 0 saturated carbocycles. The van der Waals surface area contributed by atoms with Gasteiger partial charge in [-0.15, -0.1) is 0 Å². The van der Waals surface area contributed by atoms with Gasteiger partial charge in [-0.25, -0.2) is 0 Å². The fourth-order valence-electron chi connectivity index (χ4n) is 4.09. The molecular formula is C25H36. The van der Waals surface area contributed by atoms with Crippen LogP contribution in [0.5, 0.6) is 0 Å². The van der Waals surface area contributed by atoms with Crippen molar-refractivity contribution in [2.45, 2.75) is 86.5 Å². The summed E-state index contributed by atoms with van der Waals surface area (Å²) < 4.78 is 0. The Hall–Kier alpha value is -1.56. The second-order valence-corrected chi connectivity index (χ2v) is 7.08. The quantitative estimate of drug-likeness (QED) is 0.506. The Labute approximate surface area is 155 Å². The molecule has 0 aromatic heterocycles. The summed E-state index contributed by atoms with van der Waals surface area (Å²) in [7, 11) is 0. The molecule has 0 nitrogen and oxygen atoms in total. The third-order valence-electron chi connectivity index (χ3n) is 5.71. The van der Waals surface area contributed by atoms with Gasteiger partial charge in [0.15, 0.2) is 0 Å². The molecule has 2 aromatic carbocycles. The summed E-state index contributed by atoms with van der Waals surface area (Å²) in [6.07, 6.45) is 7.89. The van der Waals surface area contributed by atoms with E-state index in [1.807, 2.05) is 0 Å². The third-order valence-corrected chi connectivity index (χ3v) is 5.71. The van der Waals surface area contributed by atoms with Gasteiger partial charge in [0.05, 0.1) is 0 Å². The van der Waals surface area contributed by atoms with Crippen LogP contribution in [0.2, 0.25) is 0 Å². The first-order chi connectivity index (χ1) is 12.1. The van der Waals surface area contributed by atoms with Crippen molar-refractivity contribution in [1.82, 2.24) is 0 Å². The zero-order chi connectivity index (χ0) is 18.4. The molecule has 0 unspecified atom stereocenters. The Balaban J connectivity index is 2.51. The Morgan fingerprint density at radius 3 is 0.800 bits per heavy atom. The van der Waals surface area contributed by atoms with E-state index in [0.29, 0.717) is 0 Å². The Morgan fingerprint density at radius 2 is 0.560 bits per heavy atom. The van der Waals surface area contributed by atoms with Crippen molar-refractivity contribution in [3.63, 3.8) is 0 Å². The normalized spacial score (nSPS) is 11.1. The molecular weight excluding hydrogens is 300 g/mol. The van der Waals surface area contributed by atoms with Gasteiger partial charge >= 0.3 is 0 Å². The second-order valence-electron chi connectivity index (χ2n) is 7.08. The molecule has 0 heterocycles. The summed E-state index contributed by atoms with van der Waals surface area (Å²) in [6.45, 7) is 13.7. The van der Waals surface area contributed by atoms with Crippen LogP contribution in [0.3, 0.4) is 0 Å². The van der Waals surface area contributed by atoms with Crippen LogP contribution in [0.15, 0.2) is 24.3 Å². The Bertz CT molecular complexity index is 645. The van der Waals surface area contributed by atoms with Crippen molar-refractivity contribution in [3.05, 3.63) is 68.8 Å². The molecule has 0 spiro atoms. The van der Waals surface area contributed by atoms with Crippen molar-refractivity contribution >= 4 is 0 Å². The fourth-order valence-corrected chi connectivity index (χ4v) is 4.09. The van der Waals surface area contributed by atoms with Crippen LogP contribution in [0.4, 0.5) is 0 Å². The van der Waals surface area contributed by atoms with Crippen LogP contribution in [-0.2, 0) is 44.9 Å². The van der Waals surface area contributed by atoms with E-state index in [1.54, 1.807) is 0 Å². The molecule has 0 heteroatoms. The molecule has 25 heavy (non-hydrogen) atoms. The first-order valence-corrected chi connectivity index (χ1v) is 10.4. The van der Waals surface area contributed by atoms with E-state index in [1.165, 1.54) is 44.5 Å². The smallest absolute Gasteiger partial charge is 0.00201 e. The van der Waals surface area contributed by atoms with Gasteiger partial charge in [0.25, 0.3) is 0 Å². The molecule has 0 bridgehead atoms. The largest absolute Gasteiger partial charge is 0.0613 e. The summed E-state index contributed by atoms with van der Waals surface area (Å²) in [6, 6.07) is 9.94. The topological polar surface area (TPSA) is 0 Å². The van der Waals surface area contributed by atoms with Crippen LogP contribution in [0.25, 0.3) is 0 Å². The summed E-state index contributed by atoms with van der Waals surface area (Å²) in [5, 5.41) is 0. The number of rotatable bonds is 8. The minimum atomic E-state index is 1.08. The first-order valence-electron chi connectivity index (χ1n) is 10.4. The van der Waals surface area contributed by atoms with E-state index in [0.717, 1.165) is 44.9 Å². The molecule has 136 valence electrons. The highest BCUT2D eigenvalue weighted by Crippen LogP contribution is 2.26. The molecule has 0 aliphatic rings. The van der Waals surface area contributed by atoms with Crippen molar-refractivity contribution in [2.75, 3.05) is 0 Å². The summed E-state index contributed by atoms with van der Waals surface area (Å²) in [5.41, 5.74) is 12.3. The molecule has 0 aliphatic carbocycles. The third kappa shape index (κ3) is 4.35. The first kappa shape index (κ1) is 19.8.